The monoisotopic (exact) mass is 303 g/mol. The van der Waals surface area contributed by atoms with Crippen LogP contribution in [0.2, 0.25) is 0 Å². The summed E-state index contributed by atoms with van der Waals surface area (Å²) in [5, 5.41) is 3.17. The molecule has 2 atom stereocenters. The van der Waals surface area contributed by atoms with E-state index >= 15 is 0 Å². The van der Waals surface area contributed by atoms with E-state index in [9.17, 15) is 8.42 Å². The highest BCUT2D eigenvalue weighted by molar-refractivity contribution is 7.86. The first-order valence-electron chi connectivity index (χ1n) is 7.97. The number of piperidine rings is 1. The molecule has 0 aromatic heterocycles. The normalized spacial score (nSPS) is 29.9. The average molecular weight is 303 g/mol. The Morgan fingerprint density at radius 2 is 1.80 bits per heavy atom. The summed E-state index contributed by atoms with van der Waals surface area (Å²) in [6.07, 6.45) is 5.44. The zero-order valence-corrected chi connectivity index (χ0v) is 13.7. The molecule has 2 fully saturated rings. The van der Waals surface area contributed by atoms with E-state index in [1.54, 1.807) is 8.61 Å². The fourth-order valence-electron chi connectivity index (χ4n) is 3.51. The lowest BCUT2D eigenvalue weighted by Gasteiger charge is -2.34. The first-order chi connectivity index (χ1) is 9.57. The topological polar surface area (TPSA) is 52.7 Å². The summed E-state index contributed by atoms with van der Waals surface area (Å²) < 4.78 is 28.9. The van der Waals surface area contributed by atoms with Crippen LogP contribution in [0.1, 0.15) is 39.0 Å². The second kappa shape index (κ2) is 7.20. The number of hydrogen-bond donors (Lipinski definition) is 1. The van der Waals surface area contributed by atoms with Gasteiger partial charge in [-0.1, -0.05) is 13.3 Å². The Hall–Kier alpha value is -0.170. The molecule has 5 nitrogen and oxygen atoms in total. The van der Waals surface area contributed by atoms with Crippen LogP contribution in [0, 0.1) is 11.8 Å². The molecule has 0 bridgehead atoms. The van der Waals surface area contributed by atoms with Gasteiger partial charge < -0.3 is 5.32 Å². The lowest BCUT2D eigenvalue weighted by atomic mass is 10.00. The summed E-state index contributed by atoms with van der Waals surface area (Å²) >= 11 is 0. The molecule has 2 aliphatic rings. The highest BCUT2D eigenvalue weighted by Gasteiger charge is 2.37. The Kier molecular flexibility index (Phi) is 5.84. The van der Waals surface area contributed by atoms with E-state index in [-0.39, 0.29) is 0 Å². The molecule has 2 unspecified atom stereocenters. The molecule has 118 valence electrons. The standard InChI is InChI=1S/C14H29N3O2S/c1-3-5-13-7-9-17(11-13)20(18,19)16-8-4-6-14(12-16)10-15-2/h13-15H,3-12H2,1-2H3. The third kappa shape index (κ3) is 3.72. The zero-order valence-electron chi connectivity index (χ0n) is 12.8. The zero-order chi connectivity index (χ0) is 14.6. The van der Waals surface area contributed by atoms with Gasteiger partial charge in [-0.05, 0) is 51.1 Å². The summed E-state index contributed by atoms with van der Waals surface area (Å²) in [6.45, 7) is 5.88. The molecule has 0 aromatic carbocycles. The third-order valence-electron chi connectivity index (χ3n) is 4.57. The SMILES string of the molecule is CCCC1CCN(S(=O)(=O)N2CCCC(CNC)C2)C1. The molecule has 0 aliphatic carbocycles. The van der Waals surface area contributed by atoms with Crippen molar-refractivity contribution in [1.29, 1.82) is 0 Å². The van der Waals surface area contributed by atoms with Crippen molar-refractivity contribution in [1.82, 2.24) is 13.9 Å². The molecule has 2 heterocycles. The van der Waals surface area contributed by atoms with Crippen LogP contribution in [0.4, 0.5) is 0 Å². The van der Waals surface area contributed by atoms with E-state index < -0.39 is 10.2 Å². The maximum atomic E-state index is 12.7. The molecule has 0 saturated carbocycles. The van der Waals surface area contributed by atoms with Crippen molar-refractivity contribution >= 4 is 10.2 Å². The molecule has 0 amide bonds. The van der Waals surface area contributed by atoms with Crippen LogP contribution in [0.15, 0.2) is 0 Å². The quantitative estimate of drug-likeness (QED) is 0.804. The molecule has 2 rings (SSSR count). The molecule has 1 N–H and O–H groups in total. The number of nitrogens with zero attached hydrogens (tertiary/aromatic N) is 2. The molecule has 0 radical (unpaired) electrons. The molecule has 0 aromatic rings. The second-order valence-corrected chi connectivity index (χ2v) is 8.16. The van der Waals surface area contributed by atoms with Crippen molar-refractivity contribution in [3.63, 3.8) is 0 Å². The van der Waals surface area contributed by atoms with Gasteiger partial charge in [0.05, 0.1) is 0 Å². The molecule has 2 aliphatic heterocycles. The molecule has 20 heavy (non-hydrogen) atoms. The minimum Gasteiger partial charge on any atom is -0.319 e. The van der Waals surface area contributed by atoms with Gasteiger partial charge in [0.15, 0.2) is 0 Å². The Bertz CT molecular complexity index is 397. The molecular weight excluding hydrogens is 274 g/mol. The van der Waals surface area contributed by atoms with E-state index in [0.717, 1.165) is 45.2 Å². The van der Waals surface area contributed by atoms with Crippen LogP contribution in [-0.2, 0) is 10.2 Å². The fraction of sp³-hybridized carbons (Fsp3) is 1.00. The Morgan fingerprint density at radius 1 is 1.10 bits per heavy atom. The minimum absolute atomic E-state index is 0.456. The lowest BCUT2D eigenvalue weighted by molar-refractivity contribution is 0.248. The summed E-state index contributed by atoms with van der Waals surface area (Å²) in [5.74, 6) is 1.02. The van der Waals surface area contributed by atoms with Crippen LogP contribution in [0.25, 0.3) is 0 Å². The van der Waals surface area contributed by atoms with Crippen molar-refractivity contribution in [3.05, 3.63) is 0 Å². The highest BCUT2D eigenvalue weighted by Crippen LogP contribution is 2.27. The largest absolute Gasteiger partial charge is 0.319 e. The van der Waals surface area contributed by atoms with Gasteiger partial charge in [-0.15, -0.1) is 0 Å². The minimum atomic E-state index is -3.23. The first-order valence-corrected chi connectivity index (χ1v) is 9.37. The second-order valence-electron chi connectivity index (χ2n) is 6.23. The maximum Gasteiger partial charge on any atom is 0.281 e. The Balaban J connectivity index is 1.96. The Morgan fingerprint density at radius 3 is 2.50 bits per heavy atom. The van der Waals surface area contributed by atoms with Crippen LogP contribution in [0.3, 0.4) is 0 Å². The van der Waals surface area contributed by atoms with Gasteiger partial charge in [0.2, 0.25) is 0 Å². The summed E-state index contributed by atoms with van der Waals surface area (Å²) in [5.41, 5.74) is 0. The van der Waals surface area contributed by atoms with Crippen molar-refractivity contribution in [2.75, 3.05) is 39.8 Å². The lowest BCUT2D eigenvalue weighted by Crippen LogP contribution is -2.48. The summed E-state index contributed by atoms with van der Waals surface area (Å²) in [4.78, 5) is 0. The van der Waals surface area contributed by atoms with Crippen LogP contribution in [-0.4, -0.2) is 56.8 Å². The number of nitrogens with one attached hydrogen (secondary N) is 1. The van der Waals surface area contributed by atoms with E-state index in [2.05, 4.69) is 12.2 Å². The molecule has 0 spiro atoms. The van der Waals surface area contributed by atoms with Gasteiger partial charge in [-0.25, -0.2) is 0 Å². The van der Waals surface area contributed by atoms with Crippen molar-refractivity contribution < 1.29 is 8.42 Å². The smallest absolute Gasteiger partial charge is 0.281 e. The van der Waals surface area contributed by atoms with Gasteiger partial charge in [0.1, 0.15) is 0 Å². The van der Waals surface area contributed by atoms with Gasteiger partial charge >= 0.3 is 0 Å². The first kappa shape index (κ1) is 16.2. The van der Waals surface area contributed by atoms with Gasteiger partial charge in [0, 0.05) is 26.2 Å². The van der Waals surface area contributed by atoms with Crippen molar-refractivity contribution in [3.8, 4) is 0 Å². The average Bonchev–Trinajstić information content (AvgIpc) is 2.89. The molecule has 2 saturated heterocycles. The Labute approximate surface area is 123 Å². The van der Waals surface area contributed by atoms with Crippen LogP contribution < -0.4 is 5.32 Å². The third-order valence-corrected chi connectivity index (χ3v) is 6.54. The summed E-state index contributed by atoms with van der Waals surface area (Å²) in [7, 11) is -1.29. The fourth-order valence-corrected chi connectivity index (χ4v) is 5.33. The van der Waals surface area contributed by atoms with Crippen molar-refractivity contribution in [2.45, 2.75) is 39.0 Å². The molecule has 6 heteroatoms. The van der Waals surface area contributed by atoms with E-state index in [4.69, 9.17) is 0 Å². The van der Waals surface area contributed by atoms with Crippen LogP contribution in [0.5, 0.6) is 0 Å². The number of rotatable bonds is 6. The van der Waals surface area contributed by atoms with E-state index in [0.29, 0.717) is 31.5 Å². The number of hydrogen-bond acceptors (Lipinski definition) is 3. The summed E-state index contributed by atoms with van der Waals surface area (Å²) in [6, 6.07) is 0. The molecular formula is C14H29N3O2S. The predicted octanol–water partition coefficient (Wildman–Crippen LogP) is 1.28. The van der Waals surface area contributed by atoms with Crippen molar-refractivity contribution in [2.24, 2.45) is 11.8 Å². The predicted molar refractivity (Wildman–Crippen MR) is 81.7 cm³/mol. The maximum absolute atomic E-state index is 12.7. The van der Waals surface area contributed by atoms with Gasteiger partial charge in [0.25, 0.3) is 10.2 Å². The van der Waals surface area contributed by atoms with Gasteiger partial charge in [-0.2, -0.15) is 17.0 Å². The van der Waals surface area contributed by atoms with E-state index in [1.807, 2.05) is 7.05 Å². The van der Waals surface area contributed by atoms with E-state index in [1.165, 1.54) is 0 Å². The van der Waals surface area contributed by atoms with Crippen LogP contribution >= 0.6 is 0 Å². The highest BCUT2D eigenvalue weighted by atomic mass is 32.2. The van der Waals surface area contributed by atoms with Gasteiger partial charge in [-0.3, -0.25) is 0 Å².